The van der Waals surface area contributed by atoms with E-state index in [1.807, 2.05) is 30.3 Å². The zero-order valence-electron chi connectivity index (χ0n) is 9.77. The summed E-state index contributed by atoms with van der Waals surface area (Å²) in [6, 6.07) is 13.0. The maximum absolute atomic E-state index is 13.0. The monoisotopic (exact) mass is 244 g/mol. The van der Waals surface area contributed by atoms with Crippen LogP contribution in [0.2, 0.25) is 0 Å². The molecule has 0 saturated carbocycles. The summed E-state index contributed by atoms with van der Waals surface area (Å²) in [6.07, 6.45) is 0.830. The number of carbonyl (C=O) groups is 1. The summed E-state index contributed by atoms with van der Waals surface area (Å²) < 4.78 is 13.0. The van der Waals surface area contributed by atoms with E-state index >= 15 is 0 Å². The van der Waals surface area contributed by atoms with Crippen LogP contribution >= 0.6 is 0 Å². The predicted octanol–water partition coefficient (Wildman–Crippen LogP) is 3.35. The Bertz CT molecular complexity index is 550. The average Bonchev–Trinajstić information content (AvgIpc) is 2.40. The second-order valence-corrected chi connectivity index (χ2v) is 4.07. The van der Waals surface area contributed by atoms with E-state index < -0.39 is 5.82 Å². The molecule has 0 amide bonds. The van der Waals surface area contributed by atoms with Crippen LogP contribution in [0, 0.1) is 5.82 Å². The van der Waals surface area contributed by atoms with Crippen LogP contribution in [0.4, 0.5) is 4.39 Å². The van der Waals surface area contributed by atoms with Crippen molar-refractivity contribution in [1.29, 1.82) is 0 Å². The lowest BCUT2D eigenvalue weighted by Crippen LogP contribution is -2.02. The number of hydrogen-bond donors (Lipinski definition) is 1. The van der Waals surface area contributed by atoms with Crippen molar-refractivity contribution in [3.05, 3.63) is 65.5 Å². The van der Waals surface area contributed by atoms with Gasteiger partial charge in [0, 0.05) is 6.42 Å². The number of benzene rings is 2. The van der Waals surface area contributed by atoms with E-state index in [1.165, 1.54) is 6.07 Å². The van der Waals surface area contributed by atoms with Crippen LogP contribution in [0.15, 0.2) is 48.5 Å². The van der Waals surface area contributed by atoms with E-state index in [0.29, 0.717) is 6.42 Å². The first kappa shape index (κ1) is 12.3. The molecule has 0 saturated heterocycles. The number of phenols is 1. The summed E-state index contributed by atoms with van der Waals surface area (Å²) in [5.41, 5.74) is 1.09. The molecule has 0 bridgehead atoms. The molecule has 92 valence electrons. The molecule has 0 aliphatic heterocycles. The average molecular weight is 244 g/mol. The number of hydrogen-bond acceptors (Lipinski definition) is 2. The first-order valence-corrected chi connectivity index (χ1v) is 5.72. The first-order valence-electron chi connectivity index (χ1n) is 5.72. The van der Waals surface area contributed by atoms with Gasteiger partial charge in [-0.3, -0.25) is 4.79 Å². The lowest BCUT2D eigenvalue weighted by Gasteiger charge is -2.04. The zero-order chi connectivity index (χ0) is 13.0. The number of halogens is 1. The molecular weight excluding hydrogens is 231 g/mol. The molecule has 0 aliphatic carbocycles. The molecule has 0 aliphatic rings. The third-order valence-electron chi connectivity index (χ3n) is 2.74. The summed E-state index contributed by atoms with van der Waals surface area (Å²) in [7, 11) is 0. The quantitative estimate of drug-likeness (QED) is 0.837. The summed E-state index contributed by atoms with van der Waals surface area (Å²) in [5.74, 6) is -0.943. The fourth-order valence-corrected chi connectivity index (χ4v) is 1.77. The van der Waals surface area contributed by atoms with Crippen molar-refractivity contribution in [1.82, 2.24) is 0 Å². The molecule has 1 N–H and O–H groups in total. The fourth-order valence-electron chi connectivity index (χ4n) is 1.77. The van der Waals surface area contributed by atoms with Crippen LogP contribution in [0.3, 0.4) is 0 Å². The molecule has 0 aromatic heterocycles. The van der Waals surface area contributed by atoms with Crippen LogP contribution in [0.25, 0.3) is 0 Å². The van der Waals surface area contributed by atoms with Gasteiger partial charge in [-0.2, -0.15) is 0 Å². The zero-order valence-corrected chi connectivity index (χ0v) is 9.77. The minimum absolute atomic E-state index is 0.0472. The second kappa shape index (κ2) is 5.45. The molecule has 2 aromatic rings. The molecule has 18 heavy (non-hydrogen) atoms. The van der Waals surface area contributed by atoms with Crippen molar-refractivity contribution in [3.63, 3.8) is 0 Å². The molecule has 2 rings (SSSR count). The van der Waals surface area contributed by atoms with Crippen LogP contribution in [-0.2, 0) is 6.42 Å². The van der Waals surface area contributed by atoms with Gasteiger partial charge in [-0.25, -0.2) is 4.39 Å². The van der Waals surface area contributed by atoms with Gasteiger partial charge < -0.3 is 5.11 Å². The van der Waals surface area contributed by atoms with E-state index in [9.17, 15) is 14.3 Å². The number of carbonyl (C=O) groups excluding carboxylic acids is 1. The molecule has 0 heterocycles. The Hall–Kier alpha value is -2.16. The van der Waals surface area contributed by atoms with Crippen LogP contribution in [-0.4, -0.2) is 10.9 Å². The first-order chi connectivity index (χ1) is 8.66. The number of ketones is 1. The molecule has 0 unspecified atom stereocenters. The van der Waals surface area contributed by atoms with Crippen molar-refractivity contribution in [2.75, 3.05) is 0 Å². The lowest BCUT2D eigenvalue weighted by molar-refractivity contribution is 0.0980. The Morgan fingerprint density at radius 3 is 2.56 bits per heavy atom. The van der Waals surface area contributed by atoms with Crippen molar-refractivity contribution in [2.45, 2.75) is 12.8 Å². The highest BCUT2D eigenvalue weighted by molar-refractivity contribution is 5.98. The normalized spacial score (nSPS) is 10.3. The summed E-state index contributed by atoms with van der Waals surface area (Å²) in [4.78, 5) is 11.9. The molecule has 0 radical (unpaired) electrons. The van der Waals surface area contributed by atoms with Crippen LogP contribution < -0.4 is 0 Å². The van der Waals surface area contributed by atoms with Crippen molar-refractivity contribution < 1.29 is 14.3 Å². The fraction of sp³-hybridized carbons (Fsp3) is 0.133. The van der Waals surface area contributed by atoms with Crippen molar-refractivity contribution >= 4 is 5.78 Å². The van der Waals surface area contributed by atoms with Crippen LogP contribution in [0.5, 0.6) is 5.75 Å². The standard InChI is InChI=1S/C15H13FO2/c16-12-7-9-15(18)13(10-12)14(17)8-6-11-4-2-1-3-5-11/h1-5,7,9-10,18H,6,8H2. The minimum atomic E-state index is -0.518. The molecular formula is C15H13FO2. The van der Waals surface area contributed by atoms with E-state index in [-0.39, 0.29) is 23.5 Å². The summed E-state index contributed by atoms with van der Waals surface area (Å²) >= 11 is 0. The van der Waals surface area contributed by atoms with E-state index in [4.69, 9.17) is 0 Å². The number of aryl methyl sites for hydroxylation is 1. The van der Waals surface area contributed by atoms with Gasteiger partial charge >= 0.3 is 0 Å². The highest BCUT2D eigenvalue weighted by Crippen LogP contribution is 2.20. The molecule has 0 atom stereocenters. The minimum Gasteiger partial charge on any atom is -0.507 e. The molecule has 2 aromatic carbocycles. The van der Waals surface area contributed by atoms with Crippen molar-refractivity contribution in [3.8, 4) is 5.75 Å². The van der Waals surface area contributed by atoms with Gasteiger partial charge in [0.2, 0.25) is 0 Å². The van der Waals surface area contributed by atoms with E-state index in [2.05, 4.69) is 0 Å². The Kier molecular flexibility index (Phi) is 3.72. The highest BCUT2D eigenvalue weighted by atomic mass is 19.1. The summed E-state index contributed by atoms with van der Waals surface area (Å²) in [6.45, 7) is 0. The number of Topliss-reactive ketones (excluding diaryl/α,β-unsaturated/α-hetero) is 1. The van der Waals surface area contributed by atoms with E-state index in [1.54, 1.807) is 0 Å². The van der Waals surface area contributed by atoms with Gasteiger partial charge in [-0.05, 0) is 30.2 Å². The Morgan fingerprint density at radius 1 is 1.11 bits per heavy atom. The van der Waals surface area contributed by atoms with E-state index in [0.717, 1.165) is 17.7 Å². The molecule has 0 spiro atoms. The van der Waals surface area contributed by atoms with Gasteiger partial charge in [-0.1, -0.05) is 30.3 Å². The van der Waals surface area contributed by atoms with Gasteiger partial charge in [-0.15, -0.1) is 0 Å². The maximum atomic E-state index is 13.0. The Labute approximate surface area is 105 Å². The largest absolute Gasteiger partial charge is 0.507 e. The maximum Gasteiger partial charge on any atom is 0.167 e. The molecule has 0 fully saturated rings. The van der Waals surface area contributed by atoms with Gasteiger partial charge in [0.1, 0.15) is 11.6 Å². The number of aromatic hydroxyl groups is 1. The topological polar surface area (TPSA) is 37.3 Å². The number of phenolic OH excluding ortho intramolecular Hbond substituents is 1. The van der Waals surface area contributed by atoms with Crippen molar-refractivity contribution in [2.24, 2.45) is 0 Å². The lowest BCUT2D eigenvalue weighted by atomic mass is 10.0. The van der Waals surface area contributed by atoms with Crippen LogP contribution in [0.1, 0.15) is 22.3 Å². The second-order valence-electron chi connectivity index (χ2n) is 4.07. The number of rotatable bonds is 4. The van der Waals surface area contributed by atoms with Gasteiger partial charge in [0.25, 0.3) is 0 Å². The SMILES string of the molecule is O=C(CCc1ccccc1)c1cc(F)ccc1O. The molecule has 2 nitrogen and oxygen atoms in total. The van der Waals surface area contributed by atoms with Gasteiger partial charge in [0.15, 0.2) is 5.78 Å². The Balaban J connectivity index is 2.06. The third kappa shape index (κ3) is 2.94. The third-order valence-corrected chi connectivity index (χ3v) is 2.74. The highest BCUT2D eigenvalue weighted by Gasteiger charge is 2.12. The Morgan fingerprint density at radius 2 is 1.83 bits per heavy atom. The van der Waals surface area contributed by atoms with Gasteiger partial charge in [0.05, 0.1) is 5.56 Å². The summed E-state index contributed by atoms with van der Waals surface area (Å²) in [5, 5.41) is 9.52. The molecule has 3 heteroatoms. The smallest absolute Gasteiger partial charge is 0.167 e. The predicted molar refractivity (Wildman–Crippen MR) is 67.2 cm³/mol.